The highest BCUT2D eigenvalue weighted by atomic mass is 32.1. The first-order valence-corrected chi connectivity index (χ1v) is 10.3. The number of esters is 1. The summed E-state index contributed by atoms with van der Waals surface area (Å²) in [4.78, 5) is 35.3. The minimum absolute atomic E-state index is 0.125. The summed E-state index contributed by atoms with van der Waals surface area (Å²) in [6.07, 6.45) is 0. The van der Waals surface area contributed by atoms with Crippen LogP contribution in [0.1, 0.15) is 40.9 Å². The number of carbonyl (C=O) groups excluding carboxylic acids is 1. The standard InChI is InChI=1S/C21H25N3O4S/c1-5-27-21(26)17-13(2)16-19(25)22-18(23-20(16)29-17)14(3)24(4)11-12-28-15-9-7-6-8-10-15/h6-10,14H,5,11-12H2,1-4H3,(H,22,23,25)/t14-/m1/s1. The molecule has 0 unspecified atom stereocenters. The zero-order chi connectivity index (χ0) is 21.0. The second-order valence-corrected chi connectivity index (χ2v) is 7.73. The quantitative estimate of drug-likeness (QED) is 0.567. The van der Waals surface area contributed by atoms with Crippen LogP contribution in [0.2, 0.25) is 0 Å². The average molecular weight is 416 g/mol. The van der Waals surface area contributed by atoms with E-state index in [0.717, 1.165) is 5.75 Å². The van der Waals surface area contributed by atoms with E-state index in [1.807, 2.05) is 44.3 Å². The van der Waals surface area contributed by atoms with E-state index in [1.165, 1.54) is 11.3 Å². The smallest absolute Gasteiger partial charge is 0.348 e. The van der Waals surface area contributed by atoms with Crippen LogP contribution in [0.25, 0.3) is 10.2 Å². The Morgan fingerprint density at radius 3 is 2.72 bits per heavy atom. The Kier molecular flexibility index (Phi) is 6.66. The molecule has 0 radical (unpaired) electrons. The van der Waals surface area contributed by atoms with Gasteiger partial charge in [0.25, 0.3) is 5.56 Å². The first-order valence-electron chi connectivity index (χ1n) is 9.50. The number of likely N-dealkylation sites (N-methyl/N-ethyl adjacent to an activating group) is 1. The van der Waals surface area contributed by atoms with Crippen LogP contribution in [-0.4, -0.2) is 47.6 Å². The molecule has 3 rings (SSSR count). The molecule has 0 saturated heterocycles. The Bertz CT molecular complexity index is 1050. The molecule has 8 heteroatoms. The van der Waals surface area contributed by atoms with Gasteiger partial charge in [0, 0.05) is 6.54 Å². The predicted octanol–water partition coefficient (Wildman–Crippen LogP) is 3.54. The number of aromatic amines is 1. The van der Waals surface area contributed by atoms with Crippen molar-refractivity contribution >= 4 is 27.5 Å². The summed E-state index contributed by atoms with van der Waals surface area (Å²) in [6.45, 7) is 6.94. The van der Waals surface area contributed by atoms with Gasteiger partial charge in [-0.3, -0.25) is 9.69 Å². The number of H-pyrrole nitrogens is 1. The van der Waals surface area contributed by atoms with Gasteiger partial charge in [-0.05, 0) is 45.5 Å². The first kappa shape index (κ1) is 21.0. The Labute approximate surface area is 173 Å². The van der Waals surface area contributed by atoms with E-state index in [4.69, 9.17) is 9.47 Å². The van der Waals surface area contributed by atoms with Gasteiger partial charge in [0.05, 0.1) is 18.0 Å². The van der Waals surface area contributed by atoms with Gasteiger partial charge in [-0.2, -0.15) is 0 Å². The molecule has 0 aliphatic rings. The first-order chi connectivity index (χ1) is 13.9. The molecule has 154 valence electrons. The van der Waals surface area contributed by atoms with E-state index in [1.54, 1.807) is 13.8 Å². The number of rotatable bonds is 8. The van der Waals surface area contributed by atoms with E-state index in [-0.39, 0.29) is 18.2 Å². The molecular formula is C21H25N3O4S. The van der Waals surface area contributed by atoms with Crippen molar-refractivity contribution in [3.05, 3.63) is 57.0 Å². The molecule has 29 heavy (non-hydrogen) atoms. The van der Waals surface area contributed by atoms with Crippen LogP contribution >= 0.6 is 11.3 Å². The third-order valence-electron chi connectivity index (χ3n) is 4.79. The van der Waals surface area contributed by atoms with Crippen molar-refractivity contribution in [2.45, 2.75) is 26.8 Å². The lowest BCUT2D eigenvalue weighted by atomic mass is 10.2. The van der Waals surface area contributed by atoms with Crippen LogP contribution in [0.15, 0.2) is 35.1 Å². The highest BCUT2D eigenvalue weighted by molar-refractivity contribution is 7.20. The maximum absolute atomic E-state index is 12.7. The molecule has 2 heterocycles. The Morgan fingerprint density at radius 1 is 1.31 bits per heavy atom. The lowest BCUT2D eigenvalue weighted by molar-refractivity contribution is 0.0531. The minimum Gasteiger partial charge on any atom is -0.492 e. The molecule has 1 N–H and O–H groups in total. The zero-order valence-corrected chi connectivity index (χ0v) is 17.8. The van der Waals surface area contributed by atoms with Gasteiger partial charge in [-0.1, -0.05) is 18.2 Å². The number of benzene rings is 1. The van der Waals surface area contributed by atoms with Crippen molar-refractivity contribution in [1.82, 2.24) is 14.9 Å². The van der Waals surface area contributed by atoms with Crippen LogP contribution in [0, 0.1) is 6.92 Å². The molecule has 0 aliphatic carbocycles. The molecule has 0 saturated carbocycles. The molecule has 3 aromatic rings. The van der Waals surface area contributed by atoms with E-state index in [9.17, 15) is 9.59 Å². The molecule has 0 amide bonds. The summed E-state index contributed by atoms with van der Waals surface area (Å²) < 4.78 is 10.8. The molecule has 7 nitrogen and oxygen atoms in total. The number of aryl methyl sites for hydroxylation is 1. The summed E-state index contributed by atoms with van der Waals surface area (Å²) in [5.74, 6) is 0.959. The second kappa shape index (κ2) is 9.19. The van der Waals surface area contributed by atoms with Gasteiger partial charge in [-0.15, -0.1) is 11.3 Å². The molecule has 1 aromatic carbocycles. The van der Waals surface area contributed by atoms with Gasteiger partial charge in [0.1, 0.15) is 27.9 Å². The fourth-order valence-electron chi connectivity index (χ4n) is 2.98. The third kappa shape index (κ3) is 4.65. The highest BCUT2D eigenvalue weighted by Crippen LogP contribution is 2.28. The Morgan fingerprint density at radius 2 is 2.03 bits per heavy atom. The van der Waals surface area contributed by atoms with Crippen molar-refractivity contribution in [3.8, 4) is 5.75 Å². The monoisotopic (exact) mass is 415 g/mol. The van der Waals surface area contributed by atoms with E-state index < -0.39 is 5.97 Å². The van der Waals surface area contributed by atoms with Gasteiger partial charge >= 0.3 is 5.97 Å². The maximum Gasteiger partial charge on any atom is 0.348 e. The van der Waals surface area contributed by atoms with Crippen LogP contribution in [0.4, 0.5) is 0 Å². The molecular weight excluding hydrogens is 390 g/mol. The lowest BCUT2D eigenvalue weighted by Crippen LogP contribution is -2.29. The number of aromatic nitrogens is 2. The van der Waals surface area contributed by atoms with Crippen LogP contribution in [0.5, 0.6) is 5.75 Å². The zero-order valence-electron chi connectivity index (χ0n) is 17.0. The number of ether oxygens (including phenoxy) is 2. The highest BCUT2D eigenvalue weighted by Gasteiger charge is 2.22. The number of fused-ring (bicyclic) bond motifs is 1. The number of para-hydroxylation sites is 1. The topological polar surface area (TPSA) is 84.5 Å². The second-order valence-electron chi connectivity index (χ2n) is 6.73. The number of hydrogen-bond acceptors (Lipinski definition) is 7. The van der Waals surface area contributed by atoms with Crippen molar-refractivity contribution in [1.29, 1.82) is 0 Å². The predicted molar refractivity (Wildman–Crippen MR) is 114 cm³/mol. The largest absolute Gasteiger partial charge is 0.492 e. The van der Waals surface area contributed by atoms with Crippen LogP contribution in [0.3, 0.4) is 0 Å². The number of hydrogen-bond donors (Lipinski definition) is 1. The van der Waals surface area contributed by atoms with Crippen LogP contribution in [-0.2, 0) is 4.74 Å². The molecule has 0 spiro atoms. The molecule has 0 aliphatic heterocycles. The summed E-state index contributed by atoms with van der Waals surface area (Å²) >= 11 is 1.20. The summed E-state index contributed by atoms with van der Waals surface area (Å²) in [5.41, 5.74) is 0.371. The van der Waals surface area contributed by atoms with Crippen LogP contribution < -0.4 is 10.3 Å². The minimum atomic E-state index is -0.419. The summed E-state index contributed by atoms with van der Waals surface area (Å²) in [5, 5.41) is 0.448. The number of nitrogens with zero attached hydrogens (tertiary/aromatic N) is 2. The van der Waals surface area contributed by atoms with Crippen molar-refractivity contribution in [3.63, 3.8) is 0 Å². The van der Waals surface area contributed by atoms with Crippen molar-refractivity contribution in [2.24, 2.45) is 0 Å². The van der Waals surface area contributed by atoms with Gasteiger partial charge < -0.3 is 14.5 Å². The Hall–Kier alpha value is -2.71. The SMILES string of the molecule is CCOC(=O)c1sc2nc([C@@H](C)N(C)CCOc3ccccc3)[nH]c(=O)c2c1C. The lowest BCUT2D eigenvalue weighted by Gasteiger charge is -2.23. The van der Waals surface area contributed by atoms with E-state index in [2.05, 4.69) is 14.9 Å². The maximum atomic E-state index is 12.7. The summed E-state index contributed by atoms with van der Waals surface area (Å²) in [7, 11) is 1.95. The van der Waals surface area contributed by atoms with Gasteiger partial charge in [-0.25, -0.2) is 9.78 Å². The summed E-state index contributed by atoms with van der Waals surface area (Å²) in [6, 6.07) is 9.50. The number of carbonyl (C=O) groups is 1. The third-order valence-corrected chi connectivity index (χ3v) is 5.96. The van der Waals surface area contributed by atoms with Crippen molar-refractivity contribution in [2.75, 3.05) is 26.8 Å². The van der Waals surface area contributed by atoms with Crippen molar-refractivity contribution < 1.29 is 14.3 Å². The fourth-order valence-corrected chi connectivity index (χ4v) is 4.06. The molecule has 0 bridgehead atoms. The average Bonchev–Trinajstić information content (AvgIpc) is 3.05. The Balaban J connectivity index is 1.76. The molecule has 2 aromatic heterocycles. The van der Waals surface area contributed by atoms with Gasteiger partial charge in [0.2, 0.25) is 0 Å². The number of thiophene rings is 1. The molecule has 0 fully saturated rings. The normalized spacial score (nSPS) is 12.3. The van der Waals surface area contributed by atoms with Gasteiger partial charge in [0.15, 0.2) is 0 Å². The van der Waals surface area contributed by atoms with E-state index >= 15 is 0 Å². The fraction of sp³-hybridized carbons (Fsp3) is 0.381. The molecule has 1 atom stereocenters. The van der Waals surface area contributed by atoms with E-state index in [0.29, 0.717) is 39.6 Å². The number of nitrogens with one attached hydrogen (secondary N) is 1.